The molecule has 1 N–H and O–H groups in total. The van der Waals surface area contributed by atoms with Crippen molar-refractivity contribution in [1.82, 2.24) is 20.0 Å². The molecule has 0 saturated carbocycles. The molecule has 0 radical (unpaired) electrons. The number of H-pyrrole nitrogens is 1. The van der Waals surface area contributed by atoms with Crippen molar-refractivity contribution in [1.29, 1.82) is 0 Å². The molecule has 1 aliphatic rings. The average Bonchev–Trinajstić information content (AvgIpc) is 3.32. The molecule has 2 aromatic heterocycles. The van der Waals surface area contributed by atoms with Gasteiger partial charge >= 0.3 is 0 Å². The number of piperazine rings is 1. The van der Waals surface area contributed by atoms with Gasteiger partial charge in [-0.2, -0.15) is 5.10 Å². The van der Waals surface area contributed by atoms with Crippen LogP contribution in [0, 0.1) is 0 Å². The zero-order valence-electron chi connectivity index (χ0n) is 17.3. The smallest absolute Gasteiger partial charge is 0.275 e. The van der Waals surface area contributed by atoms with Gasteiger partial charge in [-0.05, 0) is 35.1 Å². The van der Waals surface area contributed by atoms with Gasteiger partial charge in [0.15, 0.2) is 0 Å². The fraction of sp³-hybridized carbons (Fsp3) is 0.304. The molecule has 1 saturated heterocycles. The minimum atomic E-state index is -0.611. The Hall–Kier alpha value is -3.26. The molecule has 4 rings (SSSR count). The molecule has 1 aliphatic heterocycles. The molecule has 1 fully saturated rings. The minimum Gasteiger partial charge on any atom is -0.339 e. The molecule has 1 aromatic carbocycles. The standard InChI is InChI=1S/C23H24N4O3S/c1-2-10-26-11-12-27(22(29)18-8-9-21(28)25-24-18)19(23(26)30)15-16-5-3-6-17(14-16)20-7-4-13-31-20/h3-9,13-14,19H,2,10-12,15H2,1H3,(H,25,28). The lowest BCUT2D eigenvalue weighted by Crippen LogP contribution is -2.59. The summed E-state index contributed by atoms with van der Waals surface area (Å²) in [6.07, 6.45) is 1.29. The first-order chi connectivity index (χ1) is 15.1. The number of amides is 2. The van der Waals surface area contributed by atoms with E-state index in [9.17, 15) is 14.4 Å². The third-order valence-electron chi connectivity index (χ3n) is 5.40. The summed E-state index contributed by atoms with van der Waals surface area (Å²) in [6.45, 7) is 3.63. The number of carbonyl (C=O) groups is 2. The van der Waals surface area contributed by atoms with Crippen molar-refractivity contribution in [3.05, 3.63) is 75.5 Å². The molecule has 7 nitrogen and oxygen atoms in total. The van der Waals surface area contributed by atoms with Crippen LogP contribution in [0.4, 0.5) is 0 Å². The third-order valence-corrected chi connectivity index (χ3v) is 6.32. The van der Waals surface area contributed by atoms with E-state index in [4.69, 9.17) is 0 Å². The van der Waals surface area contributed by atoms with Crippen LogP contribution in [-0.2, 0) is 11.2 Å². The van der Waals surface area contributed by atoms with Gasteiger partial charge < -0.3 is 9.80 Å². The number of nitrogens with one attached hydrogen (secondary N) is 1. The predicted octanol–water partition coefficient (Wildman–Crippen LogP) is 2.80. The summed E-state index contributed by atoms with van der Waals surface area (Å²) in [5.41, 5.74) is 1.85. The third kappa shape index (κ3) is 4.59. The number of aromatic amines is 1. The van der Waals surface area contributed by atoms with Gasteiger partial charge in [-0.15, -0.1) is 11.3 Å². The molecule has 31 heavy (non-hydrogen) atoms. The Labute approximate surface area is 184 Å². The Bertz CT molecular complexity index is 1110. The number of thiophene rings is 1. The summed E-state index contributed by atoms with van der Waals surface area (Å²) in [6, 6.07) is 14.2. The number of nitrogens with zero attached hydrogens (tertiary/aromatic N) is 3. The number of aromatic nitrogens is 2. The summed E-state index contributed by atoms with van der Waals surface area (Å²) in [5.74, 6) is -0.396. The fourth-order valence-electron chi connectivity index (χ4n) is 3.90. The number of hydrogen-bond donors (Lipinski definition) is 1. The highest BCUT2D eigenvalue weighted by Crippen LogP contribution is 2.27. The second-order valence-corrected chi connectivity index (χ2v) is 8.48. The lowest BCUT2D eigenvalue weighted by atomic mass is 9.98. The van der Waals surface area contributed by atoms with Crippen molar-refractivity contribution in [3.63, 3.8) is 0 Å². The molecule has 0 bridgehead atoms. The van der Waals surface area contributed by atoms with E-state index in [1.54, 1.807) is 16.2 Å². The first kappa shape index (κ1) is 21.0. The van der Waals surface area contributed by atoms with Crippen molar-refractivity contribution in [2.45, 2.75) is 25.8 Å². The minimum absolute atomic E-state index is 0.0487. The summed E-state index contributed by atoms with van der Waals surface area (Å²) in [4.78, 5) is 42.3. The van der Waals surface area contributed by atoms with E-state index >= 15 is 0 Å². The van der Waals surface area contributed by atoms with Crippen LogP contribution in [0.3, 0.4) is 0 Å². The van der Waals surface area contributed by atoms with E-state index in [2.05, 4.69) is 28.4 Å². The fourth-order valence-corrected chi connectivity index (χ4v) is 4.62. The maximum Gasteiger partial charge on any atom is 0.275 e. The molecule has 3 heterocycles. The van der Waals surface area contributed by atoms with Crippen LogP contribution in [-0.4, -0.2) is 57.5 Å². The second kappa shape index (κ2) is 9.26. The number of benzene rings is 1. The van der Waals surface area contributed by atoms with Crippen LogP contribution >= 0.6 is 11.3 Å². The van der Waals surface area contributed by atoms with Crippen molar-refractivity contribution >= 4 is 23.2 Å². The Morgan fingerprint density at radius 2 is 2.03 bits per heavy atom. The maximum absolute atomic E-state index is 13.3. The molecule has 0 aliphatic carbocycles. The lowest BCUT2D eigenvalue weighted by Gasteiger charge is -2.40. The second-order valence-electron chi connectivity index (χ2n) is 7.53. The summed E-state index contributed by atoms with van der Waals surface area (Å²) in [5, 5.41) is 8.21. The van der Waals surface area contributed by atoms with Gasteiger partial charge in [0.25, 0.3) is 11.5 Å². The monoisotopic (exact) mass is 436 g/mol. The van der Waals surface area contributed by atoms with Crippen molar-refractivity contribution in [3.8, 4) is 10.4 Å². The van der Waals surface area contributed by atoms with Gasteiger partial charge in [-0.25, -0.2) is 5.10 Å². The predicted molar refractivity (Wildman–Crippen MR) is 120 cm³/mol. The van der Waals surface area contributed by atoms with Crippen LogP contribution in [0.15, 0.2) is 58.7 Å². The SMILES string of the molecule is CCCN1CCN(C(=O)c2ccc(=O)[nH]n2)C(Cc2cccc(-c3cccs3)c2)C1=O. The van der Waals surface area contributed by atoms with Gasteiger partial charge in [-0.1, -0.05) is 37.3 Å². The quantitative estimate of drug-likeness (QED) is 0.644. The van der Waals surface area contributed by atoms with E-state index in [1.165, 1.54) is 12.1 Å². The Balaban J connectivity index is 1.63. The van der Waals surface area contributed by atoms with Crippen molar-refractivity contribution < 1.29 is 9.59 Å². The number of carbonyl (C=O) groups excluding carboxylic acids is 2. The highest BCUT2D eigenvalue weighted by atomic mass is 32.1. The maximum atomic E-state index is 13.3. The largest absolute Gasteiger partial charge is 0.339 e. The van der Waals surface area contributed by atoms with E-state index in [0.717, 1.165) is 22.4 Å². The topological polar surface area (TPSA) is 86.4 Å². The average molecular weight is 437 g/mol. The van der Waals surface area contributed by atoms with Crippen LogP contribution in [0.5, 0.6) is 0 Å². The van der Waals surface area contributed by atoms with E-state index in [0.29, 0.717) is 26.1 Å². The molecular weight excluding hydrogens is 412 g/mol. The van der Waals surface area contributed by atoms with Crippen LogP contribution in [0.2, 0.25) is 0 Å². The summed E-state index contributed by atoms with van der Waals surface area (Å²) in [7, 11) is 0. The van der Waals surface area contributed by atoms with E-state index in [-0.39, 0.29) is 23.1 Å². The Morgan fingerprint density at radius 1 is 1.16 bits per heavy atom. The lowest BCUT2D eigenvalue weighted by molar-refractivity contribution is -0.140. The molecule has 2 amide bonds. The molecule has 1 unspecified atom stereocenters. The van der Waals surface area contributed by atoms with Gasteiger partial charge in [0, 0.05) is 37.0 Å². The Morgan fingerprint density at radius 3 is 2.74 bits per heavy atom. The first-order valence-corrected chi connectivity index (χ1v) is 11.2. The summed E-state index contributed by atoms with van der Waals surface area (Å²) >= 11 is 1.67. The molecule has 160 valence electrons. The van der Waals surface area contributed by atoms with E-state index in [1.807, 2.05) is 35.4 Å². The van der Waals surface area contributed by atoms with Crippen molar-refractivity contribution in [2.75, 3.05) is 19.6 Å². The zero-order valence-corrected chi connectivity index (χ0v) is 18.1. The highest BCUT2D eigenvalue weighted by Gasteiger charge is 2.38. The van der Waals surface area contributed by atoms with Crippen LogP contribution in [0.1, 0.15) is 29.4 Å². The van der Waals surface area contributed by atoms with Crippen molar-refractivity contribution in [2.24, 2.45) is 0 Å². The van der Waals surface area contributed by atoms with E-state index < -0.39 is 6.04 Å². The van der Waals surface area contributed by atoms with Gasteiger partial charge in [0.05, 0.1) is 0 Å². The molecule has 8 heteroatoms. The highest BCUT2D eigenvalue weighted by molar-refractivity contribution is 7.13. The zero-order chi connectivity index (χ0) is 21.8. The van der Waals surface area contributed by atoms with Gasteiger partial charge in [0.2, 0.25) is 5.91 Å². The normalized spacial score (nSPS) is 16.5. The van der Waals surface area contributed by atoms with Crippen LogP contribution in [0.25, 0.3) is 10.4 Å². The molecule has 0 spiro atoms. The molecule has 3 aromatic rings. The van der Waals surface area contributed by atoms with Gasteiger partial charge in [0.1, 0.15) is 11.7 Å². The molecular formula is C23H24N4O3S. The molecule has 1 atom stereocenters. The van der Waals surface area contributed by atoms with Crippen LogP contribution < -0.4 is 5.56 Å². The van der Waals surface area contributed by atoms with Gasteiger partial charge in [-0.3, -0.25) is 14.4 Å². The first-order valence-electron chi connectivity index (χ1n) is 10.3. The Kier molecular flexibility index (Phi) is 6.27. The summed E-state index contributed by atoms with van der Waals surface area (Å²) < 4.78 is 0. The number of hydrogen-bond acceptors (Lipinski definition) is 5. The number of rotatable bonds is 6.